The zero-order valence-corrected chi connectivity index (χ0v) is 30.2. The van der Waals surface area contributed by atoms with Crippen molar-refractivity contribution in [1.82, 2.24) is 0 Å². The lowest BCUT2D eigenvalue weighted by Gasteiger charge is -2.35. The van der Waals surface area contributed by atoms with E-state index in [4.69, 9.17) is 31.9 Å². The fourth-order valence-corrected chi connectivity index (χ4v) is 6.19. The first-order valence-corrected chi connectivity index (χ1v) is 17.4. The second-order valence-corrected chi connectivity index (χ2v) is 13.8. The molecule has 2 atom stereocenters. The number of allylic oxidation sites excluding steroid dienone is 2. The summed E-state index contributed by atoms with van der Waals surface area (Å²) in [5.74, 6) is 1.19. The van der Waals surface area contributed by atoms with Crippen molar-refractivity contribution in [2.45, 2.75) is 78.1 Å². The number of ether oxygens (including phenoxy) is 3. The number of benzene rings is 2. The van der Waals surface area contributed by atoms with Crippen LogP contribution in [-0.2, 0) is 4.74 Å². The minimum absolute atomic E-state index is 0.254. The Labute approximate surface area is 300 Å². The molecule has 0 aliphatic heterocycles. The first-order chi connectivity index (χ1) is 24.9. The van der Waals surface area contributed by atoms with E-state index >= 15 is 0 Å². The maximum atomic E-state index is 11.8. The van der Waals surface area contributed by atoms with Gasteiger partial charge in [0, 0.05) is 24.3 Å². The van der Waals surface area contributed by atoms with Gasteiger partial charge in [-0.05, 0) is 96.7 Å². The number of rotatable bonds is 16. The first-order valence-electron chi connectivity index (χ1n) is 17.4. The zero-order chi connectivity index (χ0) is 37.0. The number of hydrogen-bond donors (Lipinski definition) is 1. The third kappa shape index (κ3) is 8.25. The van der Waals surface area contributed by atoms with Gasteiger partial charge in [0.2, 0.25) is 0 Å². The van der Waals surface area contributed by atoms with Crippen LogP contribution in [0.4, 0.5) is 0 Å². The summed E-state index contributed by atoms with van der Waals surface area (Å²) in [6.45, 7) is 14.6. The summed E-state index contributed by atoms with van der Waals surface area (Å²) < 4.78 is 40.6. The lowest BCUT2D eigenvalue weighted by molar-refractivity contribution is -0.128. The van der Waals surface area contributed by atoms with E-state index in [0.29, 0.717) is 77.1 Å². The van der Waals surface area contributed by atoms with E-state index in [1.807, 2.05) is 58.9 Å². The molecule has 0 aliphatic rings. The van der Waals surface area contributed by atoms with Gasteiger partial charge in [-0.3, -0.25) is 0 Å². The van der Waals surface area contributed by atoms with Gasteiger partial charge in [0.1, 0.15) is 47.0 Å². The molecule has 0 saturated carbocycles. The minimum Gasteiger partial charge on any atom is -0.488 e. The van der Waals surface area contributed by atoms with Gasteiger partial charge in [0.05, 0.1) is 51.9 Å². The molecule has 10 nitrogen and oxygen atoms in total. The van der Waals surface area contributed by atoms with Gasteiger partial charge < -0.3 is 37.0 Å². The summed E-state index contributed by atoms with van der Waals surface area (Å²) in [6, 6.07) is 13.2. The molecule has 0 unspecified atom stereocenters. The standard InChI is InChI=1S/C42H44O10/c1-25(2)32(11-7-26(3)15-19-48-40-28-9-13-38(44)50-35(28)23-33-30(40)17-21-46-33)52-42(5,6)37(43)12-8-27(4)16-20-49-41-29-10-14-39(45)51-36(29)24-34-31(41)18-22-47-34/h9-10,13-18,21-24,32,37,43H,1,7-8,11-12,19-20H2,2-6H3/t32-,37-/m1/s1. The van der Waals surface area contributed by atoms with E-state index in [-0.39, 0.29) is 6.10 Å². The second-order valence-electron chi connectivity index (χ2n) is 13.8. The van der Waals surface area contributed by atoms with Crippen LogP contribution in [-0.4, -0.2) is 36.1 Å². The number of aliphatic hydroxyl groups is 1. The number of hydrogen-bond acceptors (Lipinski definition) is 10. The van der Waals surface area contributed by atoms with Gasteiger partial charge in [-0.15, -0.1) is 0 Å². The van der Waals surface area contributed by atoms with E-state index in [1.165, 1.54) is 12.1 Å². The van der Waals surface area contributed by atoms with Crippen LogP contribution in [0.2, 0.25) is 0 Å². The highest BCUT2D eigenvalue weighted by molar-refractivity contribution is 6.02. The largest absolute Gasteiger partial charge is 0.488 e. The van der Waals surface area contributed by atoms with Gasteiger partial charge in [0.25, 0.3) is 0 Å². The molecule has 0 saturated heterocycles. The maximum absolute atomic E-state index is 11.8. The number of furan rings is 2. The summed E-state index contributed by atoms with van der Waals surface area (Å²) >= 11 is 0. The van der Waals surface area contributed by atoms with E-state index in [2.05, 4.69) is 6.58 Å². The smallest absolute Gasteiger partial charge is 0.336 e. The SMILES string of the molecule is C=C(C)[C@@H](CCC(C)=CCOc1c2ccoc2cc2oc(=O)ccc12)OC(C)(C)[C@H](O)CCC(C)=CCOc1c2ccoc2cc2oc(=O)ccc12. The summed E-state index contributed by atoms with van der Waals surface area (Å²) in [6.07, 6.45) is 8.77. The van der Waals surface area contributed by atoms with E-state index in [0.717, 1.165) is 33.9 Å². The van der Waals surface area contributed by atoms with Gasteiger partial charge in [-0.1, -0.05) is 23.3 Å². The van der Waals surface area contributed by atoms with Crippen molar-refractivity contribution in [2.75, 3.05) is 13.2 Å². The quantitative estimate of drug-likeness (QED) is 0.0765. The fourth-order valence-electron chi connectivity index (χ4n) is 6.19. The molecule has 6 aromatic rings. The molecule has 2 aromatic carbocycles. The normalized spacial score (nSPS) is 14.0. The topological polar surface area (TPSA) is 135 Å². The average molecular weight is 709 g/mol. The molecule has 0 bridgehead atoms. The highest BCUT2D eigenvalue weighted by Crippen LogP contribution is 2.36. The lowest BCUT2D eigenvalue weighted by atomic mass is 9.94. The van der Waals surface area contributed by atoms with Crippen LogP contribution in [0.3, 0.4) is 0 Å². The van der Waals surface area contributed by atoms with Crippen LogP contribution in [0.25, 0.3) is 43.9 Å². The molecule has 0 radical (unpaired) electrons. The molecule has 0 fully saturated rings. The van der Waals surface area contributed by atoms with E-state index in [9.17, 15) is 14.7 Å². The molecule has 4 heterocycles. The predicted octanol–water partition coefficient (Wildman–Crippen LogP) is 9.40. The van der Waals surface area contributed by atoms with E-state index < -0.39 is 23.0 Å². The van der Waals surface area contributed by atoms with Crippen LogP contribution >= 0.6 is 0 Å². The average Bonchev–Trinajstić information content (AvgIpc) is 3.77. The monoisotopic (exact) mass is 708 g/mol. The summed E-state index contributed by atoms with van der Waals surface area (Å²) in [5, 5.41) is 14.2. The highest BCUT2D eigenvalue weighted by atomic mass is 16.5. The summed E-state index contributed by atoms with van der Waals surface area (Å²) in [4.78, 5) is 23.5. The Kier molecular flexibility index (Phi) is 10.9. The molecule has 0 amide bonds. The van der Waals surface area contributed by atoms with Crippen molar-refractivity contribution < 1.29 is 37.0 Å². The number of fused-ring (bicyclic) bond motifs is 4. The van der Waals surface area contributed by atoms with Gasteiger partial charge in [-0.25, -0.2) is 9.59 Å². The van der Waals surface area contributed by atoms with Gasteiger partial charge >= 0.3 is 11.3 Å². The van der Waals surface area contributed by atoms with Crippen LogP contribution in [0.15, 0.2) is 124 Å². The molecule has 6 rings (SSSR count). The number of aliphatic hydroxyl groups excluding tert-OH is 1. The Balaban J connectivity index is 1.01. The Morgan fingerprint density at radius 1 is 0.731 bits per heavy atom. The maximum Gasteiger partial charge on any atom is 0.336 e. The van der Waals surface area contributed by atoms with Crippen LogP contribution in [0.1, 0.15) is 60.3 Å². The third-order valence-electron chi connectivity index (χ3n) is 9.35. The lowest BCUT2D eigenvalue weighted by Crippen LogP contribution is -2.42. The van der Waals surface area contributed by atoms with Crippen molar-refractivity contribution in [1.29, 1.82) is 0 Å². The Morgan fingerprint density at radius 2 is 1.19 bits per heavy atom. The molecular weight excluding hydrogens is 664 g/mol. The molecule has 52 heavy (non-hydrogen) atoms. The summed E-state index contributed by atoms with van der Waals surface area (Å²) in [7, 11) is 0. The van der Waals surface area contributed by atoms with Gasteiger partial charge in [-0.2, -0.15) is 0 Å². The van der Waals surface area contributed by atoms with Gasteiger partial charge in [0.15, 0.2) is 0 Å². The highest BCUT2D eigenvalue weighted by Gasteiger charge is 2.32. The molecule has 272 valence electrons. The Morgan fingerprint density at radius 3 is 1.67 bits per heavy atom. The molecule has 4 aromatic heterocycles. The van der Waals surface area contributed by atoms with Crippen molar-refractivity contribution in [3.05, 3.63) is 117 Å². The van der Waals surface area contributed by atoms with Crippen molar-refractivity contribution in [2.24, 2.45) is 0 Å². The molecular formula is C42H44O10. The van der Waals surface area contributed by atoms with Crippen LogP contribution in [0, 0.1) is 0 Å². The molecule has 0 spiro atoms. The summed E-state index contributed by atoms with van der Waals surface area (Å²) in [5.41, 5.74) is 3.32. The second kappa shape index (κ2) is 15.5. The molecule has 1 N–H and O–H groups in total. The van der Waals surface area contributed by atoms with Crippen molar-refractivity contribution in [3.8, 4) is 11.5 Å². The predicted molar refractivity (Wildman–Crippen MR) is 201 cm³/mol. The Hall–Kier alpha value is -5.32. The van der Waals surface area contributed by atoms with E-state index in [1.54, 1.807) is 36.8 Å². The third-order valence-corrected chi connectivity index (χ3v) is 9.35. The molecule has 10 heteroatoms. The van der Waals surface area contributed by atoms with Crippen LogP contribution in [0.5, 0.6) is 11.5 Å². The minimum atomic E-state index is -0.819. The molecule has 0 aliphatic carbocycles. The van der Waals surface area contributed by atoms with Crippen molar-refractivity contribution >= 4 is 43.9 Å². The first kappa shape index (κ1) is 36.5. The van der Waals surface area contributed by atoms with Crippen molar-refractivity contribution in [3.63, 3.8) is 0 Å². The fraction of sp³-hybridized carbons (Fsp3) is 0.333. The Bertz CT molecular complexity index is 2400. The van der Waals surface area contributed by atoms with Crippen LogP contribution < -0.4 is 20.7 Å². The zero-order valence-electron chi connectivity index (χ0n) is 30.2.